The quantitative estimate of drug-likeness (QED) is 0.266. The molecule has 2 aliphatic rings. The minimum Gasteiger partial charge on any atom is -0.457 e. The topological polar surface area (TPSA) is 135 Å². The fraction of sp³-hybridized carbons (Fsp3) is 0.300. The van der Waals surface area contributed by atoms with Crippen molar-refractivity contribution < 1.29 is 13.9 Å². The Balaban J connectivity index is 1.31. The Morgan fingerprint density at radius 3 is 2.76 bits per heavy atom. The summed E-state index contributed by atoms with van der Waals surface area (Å²) in [6.45, 7) is 1.75. The number of anilines is 1. The minimum absolute atomic E-state index is 0.0332. The van der Waals surface area contributed by atoms with Crippen LogP contribution in [0.3, 0.4) is 0 Å². The third-order valence-electron chi connectivity index (χ3n) is 7.54. The third-order valence-corrected chi connectivity index (χ3v) is 7.54. The molecule has 1 amide bonds. The van der Waals surface area contributed by atoms with Crippen molar-refractivity contribution in [2.45, 2.75) is 37.8 Å². The van der Waals surface area contributed by atoms with Crippen molar-refractivity contribution in [3.8, 4) is 28.8 Å². The van der Waals surface area contributed by atoms with E-state index in [1.165, 1.54) is 12.4 Å². The number of aromatic nitrogens is 4. The van der Waals surface area contributed by atoms with Gasteiger partial charge in [0, 0.05) is 30.8 Å². The molecule has 4 heterocycles. The number of carbonyl (C=O) groups is 1. The van der Waals surface area contributed by atoms with Gasteiger partial charge < -0.3 is 20.7 Å². The van der Waals surface area contributed by atoms with Crippen LogP contribution in [0.1, 0.15) is 31.7 Å². The first-order valence-corrected chi connectivity index (χ1v) is 13.7. The van der Waals surface area contributed by atoms with E-state index < -0.39 is 5.82 Å². The van der Waals surface area contributed by atoms with Gasteiger partial charge in [0.05, 0.1) is 11.4 Å². The lowest BCUT2D eigenvalue weighted by Gasteiger charge is -2.33. The van der Waals surface area contributed by atoms with Crippen molar-refractivity contribution >= 4 is 22.8 Å². The number of halogens is 1. The van der Waals surface area contributed by atoms with E-state index in [1.807, 2.05) is 18.2 Å². The second kappa shape index (κ2) is 11.3. The van der Waals surface area contributed by atoms with Gasteiger partial charge in [-0.15, -0.1) is 0 Å². The molecule has 1 unspecified atom stereocenters. The van der Waals surface area contributed by atoms with Crippen LogP contribution < -0.4 is 15.8 Å². The number of nitriles is 1. The fourth-order valence-electron chi connectivity index (χ4n) is 5.54. The Kier molecular flexibility index (Phi) is 7.31. The SMILES string of the molecule is N#CC(=CC1CCCN1)C(=O)N1CCC[C@H](n2nc(-c3ccc(Oc4ccccc4)cc3F)c3c(N)ncnc32)C1. The molecular weight excluding hydrogens is 523 g/mol. The zero-order valence-corrected chi connectivity index (χ0v) is 22.3. The average Bonchev–Trinajstić information content (AvgIpc) is 3.65. The number of hydrogen-bond donors (Lipinski definition) is 2. The summed E-state index contributed by atoms with van der Waals surface area (Å²) >= 11 is 0. The molecule has 11 heteroatoms. The number of ether oxygens (including phenoxy) is 1. The molecule has 0 bridgehead atoms. The van der Waals surface area contributed by atoms with Crippen LogP contribution in [0.25, 0.3) is 22.3 Å². The summed E-state index contributed by atoms with van der Waals surface area (Å²) in [5, 5.41) is 18.2. The lowest BCUT2D eigenvalue weighted by molar-refractivity contribution is -0.128. The maximum atomic E-state index is 15.5. The number of para-hydroxylation sites is 1. The van der Waals surface area contributed by atoms with Gasteiger partial charge in [-0.2, -0.15) is 10.4 Å². The van der Waals surface area contributed by atoms with Crippen LogP contribution in [0.15, 0.2) is 66.5 Å². The highest BCUT2D eigenvalue weighted by atomic mass is 19.1. The van der Waals surface area contributed by atoms with Gasteiger partial charge in [0.2, 0.25) is 0 Å². The van der Waals surface area contributed by atoms with Crippen molar-refractivity contribution in [3.05, 3.63) is 72.3 Å². The van der Waals surface area contributed by atoms with Crippen LogP contribution in [0, 0.1) is 17.1 Å². The molecule has 4 aromatic rings. The smallest absolute Gasteiger partial charge is 0.264 e. The van der Waals surface area contributed by atoms with Gasteiger partial charge in [0.15, 0.2) is 5.65 Å². The number of nitrogens with one attached hydrogen (secondary N) is 1. The second-order valence-electron chi connectivity index (χ2n) is 10.2. The standard InChI is InChI=1S/C30H29FN8O2/c31-25-15-23(41-22-8-2-1-3-9-22)10-11-24(25)27-26-28(33)35-18-36-29(26)39(37-27)21-7-5-13-38(17-21)30(40)19(16-32)14-20-6-4-12-34-20/h1-3,8-11,14-15,18,20-21,34H,4-7,12-13,17H2,(H2,33,35,36)/t20?,21-/m0/s1. The molecule has 2 aliphatic heterocycles. The van der Waals surface area contributed by atoms with Crippen LogP contribution in [0.5, 0.6) is 11.5 Å². The summed E-state index contributed by atoms with van der Waals surface area (Å²) in [6.07, 6.45) is 6.45. The molecule has 0 radical (unpaired) electrons. The van der Waals surface area contributed by atoms with Gasteiger partial charge in [0.1, 0.15) is 46.8 Å². The van der Waals surface area contributed by atoms with Gasteiger partial charge >= 0.3 is 0 Å². The van der Waals surface area contributed by atoms with Crippen molar-refractivity contribution in [1.29, 1.82) is 5.26 Å². The normalized spacial score (nSPS) is 19.3. The van der Waals surface area contributed by atoms with Crippen molar-refractivity contribution in [2.24, 2.45) is 0 Å². The Morgan fingerprint density at radius 1 is 1.15 bits per heavy atom. The van der Waals surface area contributed by atoms with E-state index in [-0.39, 0.29) is 34.9 Å². The number of amides is 1. The number of nitrogens with zero attached hydrogens (tertiary/aromatic N) is 6. The van der Waals surface area contributed by atoms with Crippen LogP contribution in [-0.4, -0.2) is 56.2 Å². The molecule has 0 saturated carbocycles. The van der Waals surface area contributed by atoms with E-state index in [0.717, 1.165) is 25.8 Å². The first kappa shape index (κ1) is 26.4. The molecule has 0 spiro atoms. The van der Waals surface area contributed by atoms with E-state index in [2.05, 4.69) is 21.4 Å². The number of nitrogen functional groups attached to an aromatic ring is 1. The van der Waals surface area contributed by atoms with E-state index in [4.69, 9.17) is 15.6 Å². The highest BCUT2D eigenvalue weighted by Gasteiger charge is 2.31. The molecule has 2 atom stereocenters. The number of nitrogens with two attached hydrogens (primary N) is 1. The summed E-state index contributed by atoms with van der Waals surface area (Å²) < 4.78 is 23.0. The van der Waals surface area contributed by atoms with E-state index >= 15 is 4.39 Å². The predicted molar refractivity (Wildman–Crippen MR) is 151 cm³/mol. The first-order valence-electron chi connectivity index (χ1n) is 13.7. The molecule has 2 aromatic carbocycles. The van der Waals surface area contributed by atoms with Crippen LogP contribution in [0.2, 0.25) is 0 Å². The molecule has 208 valence electrons. The van der Waals surface area contributed by atoms with Gasteiger partial charge in [-0.1, -0.05) is 18.2 Å². The van der Waals surface area contributed by atoms with Gasteiger partial charge in [-0.25, -0.2) is 19.0 Å². The Hall–Kier alpha value is -4.82. The highest BCUT2D eigenvalue weighted by Crippen LogP contribution is 2.36. The highest BCUT2D eigenvalue weighted by molar-refractivity contribution is 5.99. The van der Waals surface area contributed by atoms with Crippen molar-refractivity contribution in [3.63, 3.8) is 0 Å². The maximum Gasteiger partial charge on any atom is 0.264 e. The maximum absolute atomic E-state index is 15.5. The first-order chi connectivity index (χ1) is 20.0. The molecule has 10 nitrogen and oxygen atoms in total. The summed E-state index contributed by atoms with van der Waals surface area (Å²) in [4.78, 5) is 23.6. The summed E-state index contributed by atoms with van der Waals surface area (Å²) in [6, 6.07) is 15.6. The van der Waals surface area contributed by atoms with Gasteiger partial charge in [-0.05, 0) is 62.6 Å². The molecule has 2 saturated heterocycles. The Labute approximate surface area is 236 Å². The second-order valence-corrected chi connectivity index (χ2v) is 10.2. The van der Waals surface area contributed by atoms with Crippen LogP contribution in [0.4, 0.5) is 10.2 Å². The van der Waals surface area contributed by atoms with E-state index in [1.54, 1.807) is 39.9 Å². The summed E-state index contributed by atoms with van der Waals surface area (Å²) in [7, 11) is 0. The predicted octanol–water partition coefficient (Wildman–Crippen LogP) is 4.37. The number of likely N-dealkylation sites (tertiary alicyclic amines) is 1. The molecule has 41 heavy (non-hydrogen) atoms. The van der Waals surface area contributed by atoms with Crippen LogP contribution in [-0.2, 0) is 4.79 Å². The number of piperidine rings is 1. The number of fused-ring (bicyclic) bond motifs is 1. The van der Waals surface area contributed by atoms with Crippen molar-refractivity contribution in [1.82, 2.24) is 30.0 Å². The summed E-state index contributed by atoms with van der Waals surface area (Å²) in [5.41, 5.74) is 7.42. The van der Waals surface area contributed by atoms with Gasteiger partial charge in [-0.3, -0.25) is 4.79 Å². The lowest BCUT2D eigenvalue weighted by Crippen LogP contribution is -2.41. The molecule has 6 rings (SSSR count). The lowest BCUT2D eigenvalue weighted by atomic mass is 10.0. The van der Waals surface area contributed by atoms with Gasteiger partial charge in [0.25, 0.3) is 5.91 Å². The number of benzene rings is 2. The minimum atomic E-state index is -0.530. The van der Waals surface area contributed by atoms with Crippen LogP contribution >= 0.6 is 0 Å². The average molecular weight is 553 g/mol. The molecule has 2 fully saturated rings. The molecular formula is C30H29FN8O2. The number of rotatable bonds is 6. The molecule has 0 aliphatic carbocycles. The monoisotopic (exact) mass is 552 g/mol. The zero-order valence-electron chi connectivity index (χ0n) is 22.3. The van der Waals surface area contributed by atoms with Crippen molar-refractivity contribution in [2.75, 3.05) is 25.4 Å². The molecule has 3 N–H and O–H groups in total. The summed E-state index contributed by atoms with van der Waals surface area (Å²) in [5.74, 6) is 0.302. The molecule has 2 aromatic heterocycles. The fourth-order valence-corrected chi connectivity index (χ4v) is 5.54. The Morgan fingerprint density at radius 2 is 2.00 bits per heavy atom. The Bertz CT molecular complexity index is 1660. The largest absolute Gasteiger partial charge is 0.457 e. The third kappa shape index (κ3) is 5.34. The zero-order chi connectivity index (χ0) is 28.3. The van der Waals surface area contributed by atoms with E-state index in [9.17, 15) is 10.1 Å². The number of hydrogen-bond acceptors (Lipinski definition) is 8. The number of carbonyl (C=O) groups excluding carboxylic acids is 1. The van der Waals surface area contributed by atoms with E-state index in [0.29, 0.717) is 47.7 Å².